The molecule has 0 bridgehead atoms. The van der Waals surface area contributed by atoms with Gasteiger partial charge in [0, 0.05) is 6.54 Å². The van der Waals surface area contributed by atoms with Crippen molar-refractivity contribution >= 4 is 11.4 Å². The van der Waals surface area contributed by atoms with Gasteiger partial charge in [0.05, 0.1) is 24.1 Å². The lowest BCUT2D eigenvalue weighted by Crippen LogP contribution is -2.14. The Kier molecular flexibility index (Phi) is 3.55. The summed E-state index contributed by atoms with van der Waals surface area (Å²) in [6, 6.07) is 20.8. The number of nitrogens with zero attached hydrogens (tertiary/aromatic N) is 1. The molecule has 1 saturated heterocycles. The van der Waals surface area contributed by atoms with Crippen LogP contribution in [0.15, 0.2) is 60.7 Å². The Hall–Kier alpha value is -2.15. The maximum atomic E-state index is 4.89. The van der Waals surface area contributed by atoms with E-state index in [0.29, 0.717) is 0 Å². The zero-order valence-electron chi connectivity index (χ0n) is 10.8. The second-order valence-corrected chi connectivity index (χ2v) is 4.69. The quantitative estimate of drug-likeness (QED) is 0.639. The van der Waals surface area contributed by atoms with Gasteiger partial charge in [-0.3, -0.25) is 0 Å². The molecule has 0 unspecified atom stereocenters. The third-order valence-electron chi connectivity index (χ3n) is 3.28. The summed E-state index contributed by atoms with van der Waals surface area (Å²) in [6.45, 7) is 1.94. The van der Waals surface area contributed by atoms with Gasteiger partial charge in [0.25, 0.3) is 5.71 Å². The van der Waals surface area contributed by atoms with Crippen molar-refractivity contribution in [2.45, 2.75) is 6.42 Å². The predicted octanol–water partition coefficient (Wildman–Crippen LogP) is 2.03. The summed E-state index contributed by atoms with van der Waals surface area (Å²) >= 11 is 0. The first-order valence-electron chi connectivity index (χ1n) is 6.68. The van der Waals surface area contributed by atoms with Crippen molar-refractivity contribution in [1.29, 1.82) is 0 Å². The number of nitrogens with one attached hydrogen (secondary N) is 1. The molecule has 0 spiro atoms. The highest BCUT2D eigenvalue weighted by Gasteiger charge is 2.21. The van der Waals surface area contributed by atoms with Gasteiger partial charge < -0.3 is 5.32 Å². The van der Waals surface area contributed by atoms with Crippen molar-refractivity contribution in [3.05, 3.63) is 71.8 Å². The lowest BCUT2D eigenvalue weighted by Gasteiger charge is -1.95. The Labute approximate surface area is 113 Å². The lowest BCUT2D eigenvalue weighted by molar-refractivity contribution is 0.863. The van der Waals surface area contributed by atoms with Crippen LogP contribution in [-0.4, -0.2) is 24.5 Å². The van der Waals surface area contributed by atoms with Gasteiger partial charge in [0.15, 0.2) is 0 Å². The van der Waals surface area contributed by atoms with E-state index >= 15 is 0 Å². The standard InChI is InChI=1S/C17H17N2/c1-3-7-14(8-4-1)17(15-9-5-2-6-10-15)19-16-11-12-18-13-16/h1-10,18H,11-13H2/q+1. The molecule has 2 nitrogen and oxygen atoms in total. The van der Waals surface area contributed by atoms with E-state index in [1.165, 1.54) is 16.8 Å². The van der Waals surface area contributed by atoms with Gasteiger partial charge in [-0.15, -0.1) is 0 Å². The smallest absolute Gasteiger partial charge is 0.306 e. The molecule has 2 aromatic carbocycles. The minimum atomic E-state index is 0.906. The molecule has 0 amide bonds. The maximum Gasteiger partial charge on any atom is 0.341 e. The van der Waals surface area contributed by atoms with E-state index in [1.807, 2.05) is 12.1 Å². The fourth-order valence-corrected chi connectivity index (χ4v) is 2.30. The predicted molar refractivity (Wildman–Crippen MR) is 80.7 cm³/mol. The van der Waals surface area contributed by atoms with E-state index < -0.39 is 0 Å². The Morgan fingerprint density at radius 2 is 1.42 bits per heavy atom. The molecule has 2 aromatic rings. The van der Waals surface area contributed by atoms with E-state index in [2.05, 4.69) is 53.8 Å². The van der Waals surface area contributed by atoms with Crippen LogP contribution in [0.3, 0.4) is 0 Å². The van der Waals surface area contributed by atoms with Crippen molar-refractivity contribution in [2.75, 3.05) is 13.1 Å². The molecule has 2 heteroatoms. The molecule has 1 fully saturated rings. The molecule has 94 valence electrons. The summed E-state index contributed by atoms with van der Waals surface area (Å²) in [4.78, 5) is 0. The monoisotopic (exact) mass is 249 g/mol. The van der Waals surface area contributed by atoms with E-state index in [4.69, 9.17) is 4.67 Å². The normalized spacial score (nSPS) is 14.2. The van der Waals surface area contributed by atoms with E-state index in [-0.39, 0.29) is 0 Å². The van der Waals surface area contributed by atoms with Gasteiger partial charge in [-0.25, -0.2) is 0 Å². The molecule has 0 aromatic heterocycles. The largest absolute Gasteiger partial charge is 0.341 e. The van der Waals surface area contributed by atoms with Gasteiger partial charge in [-0.1, -0.05) is 41.1 Å². The highest BCUT2D eigenvalue weighted by atomic mass is 14.9. The molecule has 0 radical (unpaired) electrons. The number of rotatable bonds is 2. The van der Waals surface area contributed by atoms with Crippen LogP contribution >= 0.6 is 0 Å². The Balaban J connectivity index is 2.14. The number of hydrogen-bond donors (Lipinski definition) is 1. The third-order valence-corrected chi connectivity index (χ3v) is 3.28. The van der Waals surface area contributed by atoms with Crippen LogP contribution in [0.25, 0.3) is 0 Å². The number of benzene rings is 2. The molecular formula is C17H17N2+. The highest BCUT2D eigenvalue weighted by Crippen LogP contribution is 2.08. The molecule has 1 aliphatic heterocycles. The SMILES string of the molecule is c1ccc(C(=[N+]=C2CCNC2)c2ccccc2)cc1. The average molecular weight is 249 g/mol. The minimum Gasteiger partial charge on any atom is -0.306 e. The first-order valence-corrected chi connectivity index (χ1v) is 6.68. The first kappa shape index (κ1) is 11.9. The van der Waals surface area contributed by atoms with Crippen LogP contribution in [0.2, 0.25) is 0 Å². The Morgan fingerprint density at radius 3 is 1.89 bits per heavy atom. The fourth-order valence-electron chi connectivity index (χ4n) is 2.30. The summed E-state index contributed by atoms with van der Waals surface area (Å²) < 4.78 is 4.89. The topological polar surface area (TPSA) is 26.1 Å². The molecule has 19 heavy (non-hydrogen) atoms. The lowest BCUT2D eigenvalue weighted by atomic mass is 10.0. The van der Waals surface area contributed by atoms with Crippen molar-refractivity contribution < 1.29 is 0 Å². The third kappa shape index (κ3) is 2.82. The van der Waals surface area contributed by atoms with Crippen LogP contribution in [0.1, 0.15) is 17.5 Å². The van der Waals surface area contributed by atoms with Crippen molar-refractivity contribution in [3.8, 4) is 0 Å². The van der Waals surface area contributed by atoms with Crippen LogP contribution in [0.4, 0.5) is 0 Å². The van der Waals surface area contributed by atoms with Crippen molar-refractivity contribution in [3.63, 3.8) is 0 Å². The molecule has 1 aliphatic rings. The summed E-state index contributed by atoms with van der Waals surface area (Å²) in [5, 5.41) is 3.34. The minimum absolute atomic E-state index is 0.906. The van der Waals surface area contributed by atoms with E-state index in [1.54, 1.807) is 0 Å². The maximum absolute atomic E-state index is 4.89. The highest BCUT2D eigenvalue weighted by molar-refractivity contribution is 6.14. The van der Waals surface area contributed by atoms with E-state index in [0.717, 1.165) is 25.2 Å². The Morgan fingerprint density at radius 1 is 0.842 bits per heavy atom. The van der Waals surface area contributed by atoms with Gasteiger partial charge in [0.1, 0.15) is 0 Å². The zero-order valence-corrected chi connectivity index (χ0v) is 10.8. The first-order chi connectivity index (χ1) is 9.43. The fraction of sp³-hybridized carbons (Fsp3) is 0.176. The molecule has 0 saturated carbocycles. The van der Waals surface area contributed by atoms with Crippen molar-refractivity contribution in [1.82, 2.24) is 9.98 Å². The number of hydrogen-bond acceptors (Lipinski definition) is 1. The zero-order chi connectivity index (χ0) is 12.9. The van der Waals surface area contributed by atoms with Gasteiger partial charge in [-0.2, -0.15) is 0 Å². The molecule has 3 rings (SSSR count). The summed E-state index contributed by atoms with van der Waals surface area (Å²) in [6.07, 6.45) is 1.04. The van der Waals surface area contributed by atoms with Crippen LogP contribution in [0.5, 0.6) is 0 Å². The Bertz CT molecular complexity index is 559. The molecule has 0 aliphatic carbocycles. The molecule has 0 atom stereocenters. The van der Waals surface area contributed by atoms with E-state index in [9.17, 15) is 0 Å². The van der Waals surface area contributed by atoms with Gasteiger partial charge in [0.2, 0.25) is 0 Å². The summed E-state index contributed by atoms with van der Waals surface area (Å²) in [7, 11) is 0. The van der Waals surface area contributed by atoms with Crippen LogP contribution in [0, 0.1) is 0 Å². The second-order valence-electron chi connectivity index (χ2n) is 4.69. The van der Waals surface area contributed by atoms with Crippen molar-refractivity contribution in [2.24, 2.45) is 0 Å². The van der Waals surface area contributed by atoms with Gasteiger partial charge >= 0.3 is 5.71 Å². The molecule has 1 N–H and O–H groups in total. The van der Waals surface area contributed by atoms with Gasteiger partial charge in [-0.05, 0) is 24.3 Å². The summed E-state index contributed by atoms with van der Waals surface area (Å²) in [5.41, 5.74) is 4.66. The average Bonchev–Trinajstić information content (AvgIpc) is 3.00. The second kappa shape index (κ2) is 5.66. The molecular weight excluding hydrogens is 232 g/mol. The molecule has 1 heterocycles. The van der Waals surface area contributed by atoms with Crippen LogP contribution < -0.4 is 9.98 Å². The summed E-state index contributed by atoms with van der Waals surface area (Å²) in [5.74, 6) is 0. The van der Waals surface area contributed by atoms with Crippen LogP contribution in [-0.2, 0) is 0 Å².